The van der Waals surface area contributed by atoms with E-state index in [2.05, 4.69) is 12.2 Å². The van der Waals surface area contributed by atoms with Crippen LogP contribution in [0.5, 0.6) is 0 Å². The second-order valence-electron chi connectivity index (χ2n) is 9.23. The standard InChI is InChI=1S/C20H17NO3.C11H22O2/c1-13(15-12-6-8-14-7-2-3-9-16(14)15)21-19(22)17-10-4-5-11-18(17)20(23)24;1-2-3-4-5-6-7-8-9-10-11(12)13/h2-13H,1H3,(H,21,22)(H,23,24);2-10H2,1H3,(H,12,13)/t13-;/m0./s1. The van der Waals surface area contributed by atoms with Gasteiger partial charge >= 0.3 is 11.9 Å². The highest BCUT2D eigenvalue weighted by atomic mass is 16.4. The van der Waals surface area contributed by atoms with Crippen molar-refractivity contribution >= 4 is 28.6 Å². The van der Waals surface area contributed by atoms with Gasteiger partial charge in [-0.05, 0) is 41.8 Å². The van der Waals surface area contributed by atoms with Crippen LogP contribution in [0, 0.1) is 0 Å². The number of benzene rings is 3. The van der Waals surface area contributed by atoms with E-state index in [0.29, 0.717) is 6.42 Å². The van der Waals surface area contributed by atoms with E-state index >= 15 is 0 Å². The Morgan fingerprint density at radius 1 is 0.730 bits per heavy atom. The third kappa shape index (κ3) is 10.1. The molecule has 0 heterocycles. The molecule has 6 heteroatoms. The highest BCUT2D eigenvalue weighted by molar-refractivity contribution is 6.05. The summed E-state index contributed by atoms with van der Waals surface area (Å²) in [5, 5.41) is 22.7. The first kappa shape index (κ1) is 29.6. The Morgan fingerprint density at radius 3 is 1.95 bits per heavy atom. The van der Waals surface area contributed by atoms with Crippen molar-refractivity contribution < 1.29 is 24.6 Å². The van der Waals surface area contributed by atoms with Crippen molar-refractivity contribution in [3.05, 3.63) is 83.4 Å². The SMILES string of the molecule is CCCCCCCCCCC(=O)O.C[C@H](NC(=O)c1ccccc1C(=O)O)c1cccc2ccccc12. The van der Waals surface area contributed by atoms with Crippen molar-refractivity contribution in [1.82, 2.24) is 5.32 Å². The second kappa shape index (κ2) is 16.1. The molecule has 37 heavy (non-hydrogen) atoms. The number of hydrogen-bond donors (Lipinski definition) is 3. The normalized spacial score (nSPS) is 11.3. The van der Waals surface area contributed by atoms with Crippen LogP contribution in [0.25, 0.3) is 10.8 Å². The van der Waals surface area contributed by atoms with Gasteiger partial charge in [0.05, 0.1) is 17.2 Å². The van der Waals surface area contributed by atoms with Crippen LogP contribution in [-0.4, -0.2) is 28.1 Å². The Balaban J connectivity index is 0.000000317. The zero-order chi connectivity index (χ0) is 27.0. The predicted molar refractivity (Wildman–Crippen MR) is 148 cm³/mol. The van der Waals surface area contributed by atoms with E-state index in [4.69, 9.17) is 5.11 Å². The lowest BCUT2D eigenvalue weighted by Gasteiger charge is -2.17. The van der Waals surface area contributed by atoms with Gasteiger partial charge in [0.1, 0.15) is 0 Å². The maximum absolute atomic E-state index is 12.5. The number of carboxylic acid groups (broad SMARTS) is 2. The van der Waals surface area contributed by atoms with Crippen LogP contribution in [0.15, 0.2) is 66.7 Å². The van der Waals surface area contributed by atoms with Gasteiger partial charge in [-0.15, -0.1) is 0 Å². The third-order valence-electron chi connectivity index (χ3n) is 6.28. The van der Waals surface area contributed by atoms with Crippen molar-refractivity contribution in [1.29, 1.82) is 0 Å². The maximum atomic E-state index is 12.5. The number of carboxylic acids is 2. The van der Waals surface area contributed by atoms with Crippen molar-refractivity contribution in [3.63, 3.8) is 0 Å². The Hall–Kier alpha value is -3.67. The number of aromatic carboxylic acids is 1. The number of unbranched alkanes of at least 4 members (excludes halogenated alkanes) is 7. The van der Waals surface area contributed by atoms with E-state index in [0.717, 1.165) is 29.2 Å². The molecule has 0 aliphatic carbocycles. The van der Waals surface area contributed by atoms with Crippen LogP contribution >= 0.6 is 0 Å². The van der Waals surface area contributed by atoms with Gasteiger partial charge in [-0.3, -0.25) is 9.59 Å². The minimum absolute atomic E-state index is 0.000111. The summed E-state index contributed by atoms with van der Waals surface area (Å²) in [5.41, 5.74) is 1.16. The number of hydrogen-bond acceptors (Lipinski definition) is 3. The molecule has 1 atom stereocenters. The molecular weight excluding hydrogens is 466 g/mol. The van der Waals surface area contributed by atoms with Crippen molar-refractivity contribution in [3.8, 4) is 0 Å². The Bertz CT molecular complexity index is 1150. The fourth-order valence-corrected chi connectivity index (χ4v) is 4.26. The van der Waals surface area contributed by atoms with Gasteiger partial charge in [0, 0.05) is 6.42 Å². The van der Waals surface area contributed by atoms with Gasteiger partial charge in [0.25, 0.3) is 5.91 Å². The summed E-state index contributed by atoms with van der Waals surface area (Å²) in [6.07, 6.45) is 10.1. The van der Waals surface area contributed by atoms with E-state index in [9.17, 15) is 19.5 Å². The zero-order valence-electron chi connectivity index (χ0n) is 21.9. The van der Waals surface area contributed by atoms with Gasteiger partial charge in [0.15, 0.2) is 0 Å². The minimum Gasteiger partial charge on any atom is -0.481 e. The molecule has 198 valence electrons. The van der Waals surface area contributed by atoms with Crippen LogP contribution in [-0.2, 0) is 4.79 Å². The summed E-state index contributed by atoms with van der Waals surface area (Å²) in [5.74, 6) is -2.17. The molecule has 1 amide bonds. The van der Waals surface area contributed by atoms with Crippen LogP contribution in [0.1, 0.15) is 104 Å². The topological polar surface area (TPSA) is 104 Å². The summed E-state index contributed by atoms with van der Waals surface area (Å²) >= 11 is 0. The monoisotopic (exact) mass is 505 g/mol. The molecule has 0 saturated carbocycles. The number of amides is 1. The van der Waals surface area contributed by atoms with Gasteiger partial charge < -0.3 is 15.5 Å². The van der Waals surface area contributed by atoms with Crippen LogP contribution in [0.2, 0.25) is 0 Å². The van der Waals surface area contributed by atoms with E-state index < -0.39 is 17.8 Å². The molecule has 0 radical (unpaired) electrons. The maximum Gasteiger partial charge on any atom is 0.336 e. The molecule has 0 aliphatic rings. The quantitative estimate of drug-likeness (QED) is 0.207. The summed E-state index contributed by atoms with van der Waals surface area (Å²) in [6.45, 7) is 4.11. The minimum atomic E-state index is -1.11. The summed E-state index contributed by atoms with van der Waals surface area (Å²) < 4.78 is 0. The van der Waals surface area contributed by atoms with Gasteiger partial charge in [-0.25, -0.2) is 4.79 Å². The average Bonchev–Trinajstić information content (AvgIpc) is 2.90. The van der Waals surface area contributed by atoms with E-state index in [1.807, 2.05) is 49.4 Å². The summed E-state index contributed by atoms with van der Waals surface area (Å²) in [7, 11) is 0. The number of nitrogens with one attached hydrogen (secondary N) is 1. The Kier molecular flexibility index (Phi) is 12.9. The lowest BCUT2D eigenvalue weighted by Crippen LogP contribution is -2.28. The Labute approximate surface area is 219 Å². The second-order valence-corrected chi connectivity index (χ2v) is 9.23. The highest BCUT2D eigenvalue weighted by Crippen LogP contribution is 2.24. The molecule has 0 fully saturated rings. The fraction of sp³-hybridized carbons (Fsp3) is 0.387. The van der Waals surface area contributed by atoms with Crippen LogP contribution in [0.3, 0.4) is 0 Å². The summed E-state index contributed by atoms with van der Waals surface area (Å²) in [6, 6.07) is 19.9. The zero-order valence-corrected chi connectivity index (χ0v) is 21.9. The number of fused-ring (bicyclic) bond motifs is 1. The molecule has 0 bridgehead atoms. The fourth-order valence-electron chi connectivity index (χ4n) is 4.26. The van der Waals surface area contributed by atoms with Crippen molar-refractivity contribution in [2.24, 2.45) is 0 Å². The van der Waals surface area contributed by atoms with E-state index in [-0.39, 0.29) is 17.2 Å². The molecule has 3 N–H and O–H groups in total. The first-order valence-corrected chi connectivity index (χ1v) is 13.2. The van der Waals surface area contributed by atoms with E-state index in [1.165, 1.54) is 50.7 Å². The molecule has 0 aromatic heterocycles. The van der Waals surface area contributed by atoms with Crippen LogP contribution < -0.4 is 5.32 Å². The molecule has 0 aliphatic heterocycles. The molecule has 0 unspecified atom stereocenters. The highest BCUT2D eigenvalue weighted by Gasteiger charge is 2.18. The predicted octanol–water partition coefficient (Wildman–Crippen LogP) is 7.63. The van der Waals surface area contributed by atoms with Crippen molar-refractivity contribution in [2.45, 2.75) is 77.7 Å². The summed E-state index contributed by atoms with van der Waals surface area (Å²) in [4.78, 5) is 34.0. The molecule has 6 nitrogen and oxygen atoms in total. The Morgan fingerprint density at radius 2 is 1.30 bits per heavy atom. The number of carbonyl (C=O) groups is 3. The van der Waals surface area contributed by atoms with Gasteiger partial charge in [-0.2, -0.15) is 0 Å². The largest absolute Gasteiger partial charge is 0.481 e. The molecule has 0 saturated heterocycles. The number of rotatable bonds is 13. The van der Waals surface area contributed by atoms with Gasteiger partial charge in [0.2, 0.25) is 0 Å². The molecule has 3 rings (SSSR count). The molecule has 0 spiro atoms. The first-order valence-electron chi connectivity index (χ1n) is 13.2. The third-order valence-corrected chi connectivity index (χ3v) is 6.28. The molecular formula is C31H39NO5. The number of carbonyl (C=O) groups excluding carboxylic acids is 1. The lowest BCUT2D eigenvalue weighted by atomic mass is 9.99. The van der Waals surface area contributed by atoms with E-state index in [1.54, 1.807) is 12.1 Å². The van der Waals surface area contributed by atoms with Gasteiger partial charge in [-0.1, -0.05) is 106 Å². The molecule has 3 aromatic rings. The smallest absolute Gasteiger partial charge is 0.336 e. The van der Waals surface area contributed by atoms with Crippen molar-refractivity contribution in [2.75, 3.05) is 0 Å². The lowest BCUT2D eigenvalue weighted by molar-refractivity contribution is -0.137. The first-order chi connectivity index (χ1) is 17.8. The molecule has 3 aromatic carbocycles. The average molecular weight is 506 g/mol. The number of aliphatic carboxylic acids is 1. The van der Waals surface area contributed by atoms with Crippen LogP contribution in [0.4, 0.5) is 0 Å².